The molecule has 0 radical (unpaired) electrons. The van der Waals surface area contributed by atoms with Crippen molar-refractivity contribution in [2.75, 3.05) is 32.8 Å². The SMILES string of the molecule is CC(NC(=O)NCC1(N2CCOCC2)CCCCC1)c1ccccc1. The lowest BCUT2D eigenvalue weighted by Gasteiger charge is -2.48. The first-order chi connectivity index (χ1) is 12.2. The van der Waals surface area contributed by atoms with Crippen LogP contribution in [-0.4, -0.2) is 49.3 Å². The summed E-state index contributed by atoms with van der Waals surface area (Å²) in [6.45, 7) is 6.30. The predicted octanol–water partition coefficient (Wildman–Crippen LogP) is 3.08. The van der Waals surface area contributed by atoms with E-state index in [1.54, 1.807) is 0 Å². The number of carbonyl (C=O) groups is 1. The summed E-state index contributed by atoms with van der Waals surface area (Å²) < 4.78 is 5.52. The van der Waals surface area contributed by atoms with Crippen LogP contribution in [-0.2, 0) is 4.74 Å². The second-order valence-corrected chi connectivity index (χ2v) is 7.34. The Hall–Kier alpha value is -1.59. The molecule has 2 fully saturated rings. The first kappa shape index (κ1) is 18.2. The van der Waals surface area contributed by atoms with Crippen molar-refractivity contribution >= 4 is 6.03 Å². The summed E-state index contributed by atoms with van der Waals surface area (Å²) >= 11 is 0. The Morgan fingerprint density at radius 3 is 2.52 bits per heavy atom. The molecule has 0 aromatic heterocycles. The zero-order chi connectivity index (χ0) is 17.5. The molecule has 1 aromatic carbocycles. The zero-order valence-electron chi connectivity index (χ0n) is 15.3. The Morgan fingerprint density at radius 2 is 1.84 bits per heavy atom. The molecule has 0 bridgehead atoms. The maximum atomic E-state index is 12.4. The first-order valence-corrected chi connectivity index (χ1v) is 9.62. The Labute approximate surface area is 151 Å². The van der Waals surface area contributed by atoms with Crippen LogP contribution in [0.25, 0.3) is 0 Å². The Bertz CT molecular complexity index is 537. The van der Waals surface area contributed by atoms with Gasteiger partial charge in [-0.05, 0) is 25.3 Å². The summed E-state index contributed by atoms with van der Waals surface area (Å²) in [5, 5.41) is 6.22. The van der Waals surface area contributed by atoms with Gasteiger partial charge in [0.1, 0.15) is 0 Å². The van der Waals surface area contributed by atoms with Gasteiger partial charge in [-0.3, -0.25) is 4.90 Å². The van der Waals surface area contributed by atoms with Crippen LogP contribution < -0.4 is 10.6 Å². The number of ether oxygens (including phenoxy) is 1. The molecule has 138 valence electrons. The van der Waals surface area contributed by atoms with Crippen LogP contribution in [0.1, 0.15) is 50.6 Å². The number of rotatable bonds is 5. The van der Waals surface area contributed by atoms with Crippen LogP contribution in [0.4, 0.5) is 4.79 Å². The normalized spacial score (nSPS) is 22.1. The lowest BCUT2D eigenvalue weighted by atomic mass is 9.80. The van der Waals surface area contributed by atoms with E-state index >= 15 is 0 Å². The number of benzene rings is 1. The maximum Gasteiger partial charge on any atom is 0.315 e. The van der Waals surface area contributed by atoms with E-state index in [0.717, 1.165) is 38.4 Å². The molecular weight excluding hydrogens is 314 g/mol. The van der Waals surface area contributed by atoms with Gasteiger partial charge in [0.15, 0.2) is 0 Å². The van der Waals surface area contributed by atoms with E-state index in [4.69, 9.17) is 4.74 Å². The average Bonchev–Trinajstić information content (AvgIpc) is 2.68. The number of urea groups is 1. The van der Waals surface area contributed by atoms with Gasteiger partial charge < -0.3 is 15.4 Å². The minimum atomic E-state index is -0.0745. The third-order valence-electron chi connectivity index (χ3n) is 5.69. The molecule has 3 rings (SSSR count). The lowest BCUT2D eigenvalue weighted by Crippen LogP contribution is -2.60. The van der Waals surface area contributed by atoms with Crippen LogP contribution in [0.3, 0.4) is 0 Å². The van der Waals surface area contributed by atoms with Gasteiger partial charge in [-0.2, -0.15) is 0 Å². The molecule has 1 aliphatic heterocycles. The molecule has 1 unspecified atom stereocenters. The van der Waals surface area contributed by atoms with E-state index < -0.39 is 0 Å². The van der Waals surface area contributed by atoms with Gasteiger partial charge in [-0.1, -0.05) is 49.6 Å². The molecule has 2 N–H and O–H groups in total. The fourth-order valence-electron chi connectivity index (χ4n) is 4.17. The smallest absolute Gasteiger partial charge is 0.315 e. The summed E-state index contributed by atoms with van der Waals surface area (Å²) in [6.07, 6.45) is 6.15. The predicted molar refractivity (Wildman–Crippen MR) is 99.6 cm³/mol. The quantitative estimate of drug-likeness (QED) is 0.862. The van der Waals surface area contributed by atoms with Gasteiger partial charge in [0.25, 0.3) is 0 Å². The summed E-state index contributed by atoms with van der Waals surface area (Å²) in [5.74, 6) is 0. The standard InChI is InChI=1S/C20H31N3O2/c1-17(18-8-4-2-5-9-18)22-19(24)21-16-20(10-6-3-7-11-20)23-12-14-25-15-13-23/h2,4-5,8-9,17H,3,6-7,10-16H2,1H3,(H2,21,22,24). The summed E-state index contributed by atoms with van der Waals surface area (Å²) in [5.41, 5.74) is 1.23. The molecule has 25 heavy (non-hydrogen) atoms. The monoisotopic (exact) mass is 345 g/mol. The van der Waals surface area contributed by atoms with Crippen molar-refractivity contribution in [2.45, 2.75) is 50.6 Å². The molecule has 2 amide bonds. The number of amides is 2. The number of morpholine rings is 1. The highest BCUT2D eigenvalue weighted by molar-refractivity contribution is 5.74. The molecule has 0 spiro atoms. The van der Waals surface area contributed by atoms with E-state index in [1.165, 1.54) is 32.1 Å². The number of hydrogen-bond acceptors (Lipinski definition) is 3. The molecule has 1 aliphatic carbocycles. The van der Waals surface area contributed by atoms with E-state index in [-0.39, 0.29) is 17.6 Å². The third kappa shape index (κ3) is 4.73. The lowest BCUT2D eigenvalue weighted by molar-refractivity contribution is -0.0357. The summed E-state index contributed by atoms with van der Waals surface area (Å²) in [6, 6.07) is 10.0. The molecule has 5 nitrogen and oxygen atoms in total. The molecular formula is C20H31N3O2. The van der Waals surface area contributed by atoms with Gasteiger partial charge >= 0.3 is 6.03 Å². The van der Waals surface area contributed by atoms with Crippen molar-refractivity contribution in [2.24, 2.45) is 0 Å². The third-order valence-corrected chi connectivity index (χ3v) is 5.69. The minimum Gasteiger partial charge on any atom is -0.379 e. The topological polar surface area (TPSA) is 53.6 Å². The highest BCUT2D eigenvalue weighted by Crippen LogP contribution is 2.33. The molecule has 1 heterocycles. The van der Waals surface area contributed by atoms with Gasteiger partial charge in [-0.25, -0.2) is 4.79 Å². The summed E-state index contributed by atoms with van der Waals surface area (Å²) in [4.78, 5) is 15.0. The van der Waals surface area contributed by atoms with Crippen molar-refractivity contribution in [1.29, 1.82) is 0 Å². The number of carbonyl (C=O) groups excluding carboxylic acids is 1. The Kier molecular flexibility index (Phi) is 6.32. The molecule has 1 atom stereocenters. The molecule has 1 aromatic rings. The highest BCUT2D eigenvalue weighted by atomic mass is 16.5. The van der Waals surface area contributed by atoms with Crippen molar-refractivity contribution in [3.8, 4) is 0 Å². The van der Waals surface area contributed by atoms with Gasteiger partial charge in [0, 0.05) is 25.2 Å². The van der Waals surface area contributed by atoms with Crippen LogP contribution in [0.15, 0.2) is 30.3 Å². The molecule has 5 heteroatoms. The Morgan fingerprint density at radius 1 is 1.16 bits per heavy atom. The summed E-state index contributed by atoms with van der Waals surface area (Å²) in [7, 11) is 0. The molecule has 2 aliphatic rings. The second-order valence-electron chi connectivity index (χ2n) is 7.34. The highest BCUT2D eigenvalue weighted by Gasteiger charge is 2.38. The first-order valence-electron chi connectivity index (χ1n) is 9.62. The number of nitrogens with zero attached hydrogens (tertiary/aromatic N) is 1. The van der Waals surface area contributed by atoms with Gasteiger partial charge in [0.2, 0.25) is 0 Å². The minimum absolute atomic E-state index is 0.00638. The van der Waals surface area contributed by atoms with Gasteiger partial charge in [0.05, 0.1) is 19.3 Å². The van der Waals surface area contributed by atoms with E-state index in [2.05, 4.69) is 15.5 Å². The van der Waals surface area contributed by atoms with Crippen molar-refractivity contribution in [3.63, 3.8) is 0 Å². The second kappa shape index (κ2) is 8.68. The van der Waals surface area contributed by atoms with E-state index in [1.807, 2.05) is 37.3 Å². The van der Waals surface area contributed by atoms with E-state index in [0.29, 0.717) is 0 Å². The maximum absolute atomic E-state index is 12.4. The zero-order valence-corrected chi connectivity index (χ0v) is 15.3. The fraction of sp³-hybridized carbons (Fsp3) is 0.650. The molecule has 1 saturated heterocycles. The van der Waals surface area contributed by atoms with Gasteiger partial charge in [-0.15, -0.1) is 0 Å². The van der Waals surface area contributed by atoms with Crippen LogP contribution >= 0.6 is 0 Å². The largest absolute Gasteiger partial charge is 0.379 e. The number of nitrogens with one attached hydrogen (secondary N) is 2. The average molecular weight is 345 g/mol. The van der Waals surface area contributed by atoms with Crippen molar-refractivity contribution < 1.29 is 9.53 Å². The van der Waals surface area contributed by atoms with Crippen LogP contribution in [0.5, 0.6) is 0 Å². The van der Waals surface area contributed by atoms with E-state index in [9.17, 15) is 4.79 Å². The molecule has 1 saturated carbocycles. The van der Waals surface area contributed by atoms with Crippen LogP contribution in [0, 0.1) is 0 Å². The fourth-order valence-corrected chi connectivity index (χ4v) is 4.17. The van der Waals surface area contributed by atoms with Crippen LogP contribution in [0.2, 0.25) is 0 Å². The Balaban J connectivity index is 1.56. The number of hydrogen-bond donors (Lipinski definition) is 2. The van der Waals surface area contributed by atoms with Crippen molar-refractivity contribution in [3.05, 3.63) is 35.9 Å². The van der Waals surface area contributed by atoms with Crippen molar-refractivity contribution in [1.82, 2.24) is 15.5 Å².